The van der Waals surface area contributed by atoms with Crippen molar-refractivity contribution < 1.29 is 4.79 Å². The largest absolute Gasteiger partial charge is 0.298 e. The van der Waals surface area contributed by atoms with Crippen molar-refractivity contribution >= 4 is 29.6 Å². The lowest BCUT2D eigenvalue weighted by atomic mass is 10.2. The molecule has 1 aromatic heterocycles. The molecule has 0 saturated carbocycles. The first-order valence-electron chi connectivity index (χ1n) is 5.75. The first-order valence-corrected chi connectivity index (χ1v) is 6.95. The van der Waals surface area contributed by atoms with E-state index in [1.54, 1.807) is 18.2 Å². The van der Waals surface area contributed by atoms with Gasteiger partial charge in [0.05, 0.1) is 0 Å². The zero-order chi connectivity index (χ0) is 14.0. The van der Waals surface area contributed by atoms with Crippen LogP contribution < -0.4 is 0 Å². The molecule has 5 heteroatoms. The van der Waals surface area contributed by atoms with Crippen LogP contribution >= 0.6 is 23.4 Å². The van der Waals surface area contributed by atoms with Crippen molar-refractivity contribution in [2.45, 2.75) is 30.8 Å². The number of nitrogens with zero attached hydrogens (tertiary/aromatic N) is 2. The van der Waals surface area contributed by atoms with Gasteiger partial charge in [-0.05, 0) is 56.3 Å². The lowest BCUT2D eigenvalue weighted by molar-refractivity contribution is 0.112. The first-order chi connectivity index (χ1) is 9.01. The standard InChI is InChI=1S/C14H13ClN2OS/c1-8-9(2)16-14(17-10(8)3)19-13-6-12(15)5-4-11(13)7-18/h4-7H,1-3H3. The van der Waals surface area contributed by atoms with Crippen LogP contribution in [0, 0.1) is 20.8 Å². The Labute approximate surface area is 121 Å². The number of hydrogen-bond donors (Lipinski definition) is 0. The molecule has 0 unspecified atom stereocenters. The van der Waals surface area contributed by atoms with E-state index in [9.17, 15) is 4.79 Å². The number of halogens is 1. The van der Waals surface area contributed by atoms with Gasteiger partial charge in [-0.3, -0.25) is 4.79 Å². The molecule has 0 saturated heterocycles. The van der Waals surface area contributed by atoms with Crippen molar-refractivity contribution in [1.29, 1.82) is 0 Å². The number of carbonyl (C=O) groups is 1. The van der Waals surface area contributed by atoms with Gasteiger partial charge in [-0.25, -0.2) is 9.97 Å². The normalized spacial score (nSPS) is 10.5. The zero-order valence-corrected chi connectivity index (χ0v) is 12.5. The number of carbonyl (C=O) groups excluding carboxylic acids is 1. The van der Waals surface area contributed by atoms with Gasteiger partial charge >= 0.3 is 0 Å². The van der Waals surface area contributed by atoms with E-state index in [0.717, 1.165) is 28.1 Å². The Kier molecular flexibility index (Phi) is 4.22. The Bertz CT molecular complexity index is 620. The third-order valence-electron chi connectivity index (χ3n) is 2.92. The van der Waals surface area contributed by atoms with Crippen LogP contribution in [0.5, 0.6) is 0 Å². The van der Waals surface area contributed by atoms with Crippen molar-refractivity contribution in [3.8, 4) is 0 Å². The van der Waals surface area contributed by atoms with Crippen LogP contribution in [-0.2, 0) is 0 Å². The summed E-state index contributed by atoms with van der Waals surface area (Å²) < 4.78 is 0. The molecular weight excluding hydrogens is 280 g/mol. The number of rotatable bonds is 3. The fourth-order valence-electron chi connectivity index (χ4n) is 1.58. The quantitative estimate of drug-likeness (QED) is 0.633. The Morgan fingerprint density at radius 2 is 1.79 bits per heavy atom. The highest BCUT2D eigenvalue weighted by Crippen LogP contribution is 2.30. The smallest absolute Gasteiger partial charge is 0.192 e. The average Bonchev–Trinajstić information content (AvgIpc) is 2.36. The maximum Gasteiger partial charge on any atom is 0.192 e. The van der Waals surface area contributed by atoms with Gasteiger partial charge in [0.2, 0.25) is 0 Å². The summed E-state index contributed by atoms with van der Waals surface area (Å²) >= 11 is 7.31. The molecule has 0 aliphatic carbocycles. The molecule has 0 spiro atoms. The molecule has 0 aliphatic heterocycles. The molecular formula is C14H13ClN2OS. The fourth-order valence-corrected chi connectivity index (χ4v) is 2.80. The van der Waals surface area contributed by atoms with Crippen molar-refractivity contribution in [3.05, 3.63) is 45.7 Å². The van der Waals surface area contributed by atoms with E-state index in [1.165, 1.54) is 11.8 Å². The van der Waals surface area contributed by atoms with Crippen molar-refractivity contribution in [1.82, 2.24) is 9.97 Å². The molecule has 0 bridgehead atoms. The zero-order valence-electron chi connectivity index (χ0n) is 10.9. The van der Waals surface area contributed by atoms with Gasteiger partial charge in [-0.15, -0.1) is 0 Å². The molecule has 1 aromatic carbocycles. The minimum absolute atomic E-state index is 0.591. The number of benzene rings is 1. The van der Waals surface area contributed by atoms with Gasteiger partial charge in [0.1, 0.15) is 0 Å². The molecule has 3 nitrogen and oxygen atoms in total. The highest BCUT2D eigenvalue weighted by molar-refractivity contribution is 7.99. The van der Waals surface area contributed by atoms with Gasteiger partial charge in [0.15, 0.2) is 11.4 Å². The molecule has 98 valence electrons. The van der Waals surface area contributed by atoms with E-state index in [0.29, 0.717) is 15.7 Å². The number of aryl methyl sites for hydroxylation is 2. The molecule has 0 fully saturated rings. The number of hydrogen-bond acceptors (Lipinski definition) is 4. The van der Waals surface area contributed by atoms with Crippen LogP contribution in [0.1, 0.15) is 27.3 Å². The lowest BCUT2D eigenvalue weighted by Crippen LogP contribution is -1.98. The second-order valence-corrected chi connectivity index (χ2v) is 5.65. The summed E-state index contributed by atoms with van der Waals surface area (Å²) in [6.07, 6.45) is 0.812. The molecule has 19 heavy (non-hydrogen) atoms. The van der Waals surface area contributed by atoms with Gasteiger partial charge in [-0.1, -0.05) is 11.6 Å². The van der Waals surface area contributed by atoms with E-state index < -0.39 is 0 Å². The highest BCUT2D eigenvalue weighted by atomic mass is 35.5. The van der Waals surface area contributed by atoms with E-state index in [2.05, 4.69) is 9.97 Å². The maximum atomic E-state index is 11.0. The van der Waals surface area contributed by atoms with Crippen LogP contribution in [0.15, 0.2) is 28.3 Å². The molecule has 1 heterocycles. The SMILES string of the molecule is Cc1nc(Sc2cc(Cl)ccc2C=O)nc(C)c1C. The van der Waals surface area contributed by atoms with Crippen LogP contribution in [0.2, 0.25) is 5.02 Å². The van der Waals surface area contributed by atoms with Crippen LogP contribution in [0.4, 0.5) is 0 Å². The molecule has 0 N–H and O–H groups in total. The summed E-state index contributed by atoms with van der Waals surface area (Å²) in [4.78, 5) is 20.6. The minimum Gasteiger partial charge on any atom is -0.298 e. The Morgan fingerprint density at radius 1 is 1.16 bits per heavy atom. The number of aldehydes is 1. The van der Waals surface area contributed by atoms with Gasteiger partial charge < -0.3 is 0 Å². The Balaban J connectivity index is 2.41. The summed E-state index contributed by atoms with van der Waals surface area (Å²) in [7, 11) is 0. The summed E-state index contributed by atoms with van der Waals surface area (Å²) in [5, 5.41) is 1.22. The molecule has 0 aliphatic rings. The van der Waals surface area contributed by atoms with Crippen LogP contribution in [0.25, 0.3) is 0 Å². The average molecular weight is 293 g/mol. The summed E-state index contributed by atoms with van der Waals surface area (Å²) in [6.45, 7) is 5.90. The van der Waals surface area contributed by atoms with E-state index in [-0.39, 0.29) is 0 Å². The fraction of sp³-hybridized carbons (Fsp3) is 0.214. The van der Waals surface area contributed by atoms with Gasteiger partial charge in [-0.2, -0.15) is 0 Å². The second kappa shape index (κ2) is 5.72. The van der Waals surface area contributed by atoms with E-state index in [4.69, 9.17) is 11.6 Å². The summed E-state index contributed by atoms with van der Waals surface area (Å²) in [6, 6.07) is 5.15. The van der Waals surface area contributed by atoms with Crippen molar-refractivity contribution in [3.63, 3.8) is 0 Å². The lowest BCUT2D eigenvalue weighted by Gasteiger charge is -2.08. The van der Waals surface area contributed by atoms with Crippen LogP contribution in [0.3, 0.4) is 0 Å². The van der Waals surface area contributed by atoms with Gasteiger partial charge in [0, 0.05) is 26.9 Å². The van der Waals surface area contributed by atoms with Crippen molar-refractivity contribution in [2.75, 3.05) is 0 Å². The summed E-state index contributed by atoms with van der Waals surface area (Å²) in [5.41, 5.74) is 3.58. The molecule has 0 amide bonds. The third kappa shape index (κ3) is 3.14. The van der Waals surface area contributed by atoms with Crippen LogP contribution in [-0.4, -0.2) is 16.3 Å². The molecule has 0 atom stereocenters. The maximum absolute atomic E-state index is 11.0. The number of aromatic nitrogens is 2. The molecule has 0 radical (unpaired) electrons. The minimum atomic E-state index is 0.591. The highest BCUT2D eigenvalue weighted by Gasteiger charge is 2.09. The third-order valence-corrected chi connectivity index (χ3v) is 4.09. The van der Waals surface area contributed by atoms with Crippen molar-refractivity contribution in [2.24, 2.45) is 0 Å². The Morgan fingerprint density at radius 3 is 2.37 bits per heavy atom. The first kappa shape index (κ1) is 14.0. The molecule has 2 rings (SSSR count). The van der Waals surface area contributed by atoms with E-state index >= 15 is 0 Å². The topological polar surface area (TPSA) is 42.9 Å². The predicted molar refractivity (Wildman–Crippen MR) is 77.2 cm³/mol. The summed E-state index contributed by atoms with van der Waals surface area (Å²) in [5.74, 6) is 0. The van der Waals surface area contributed by atoms with E-state index in [1.807, 2.05) is 20.8 Å². The monoisotopic (exact) mass is 292 g/mol. The molecule has 2 aromatic rings. The van der Waals surface area contributed by atoms with Gasteiger partial charge in [0.25, 0.3) is 0 Å². The second-order valence-electron chi connectivity index (χ2n) is 4.20. The predicted octanol–water partition coefficient (Wildman–Crippen LogP) is 4.02. The Hall–Kier alpha value is -1.39.